The average Bonchev–Trinajstić information content (AvgIpc) is 3.24. The first kappa shape index (κ1) is 16.9. The van der Waals surface area contributed by atoms with Crippen LogP contribution in [0.2, 0.25) is 0 Å². The molecule has 10 heteroatoms. The Balaban J connectivity index is 1.72. The van der Waals surface area contributed by atoms with E-state index in [9.17, 15) is 14.9 Å². The van der Waals surface area contributed by atoms with Crippen molar-refractivity contribution in [2.75, 3.05) is 0 Å². The number of nitrogens with one attached hydrogen (secondary N) is 1. The minimum absolute atomic E-state index is 0.00308. The fraction of sp³-hybridized carbons (Fsp3) is 0.0588. The minimum atomic E-state index is -0.500. The second kappa shape index (κ2) is 6.32. The van der Waals surface area contributed by atoms with E-state index in [-0.39, 0.29) is 17.1 Å². The molecule has 1 aromatic heterocycles. The van der Waals surface area contributed by atoms with Gasteiger partial charge in [-0.1, -0.05) is 0 Å². The number of aromatic nitrogens is 1. The average molecular weight is 380 g/mol. The summed E-state index contributed by atoms with van der Waals surface area (Å²) in [6.07, 6.45) is 3.34. The van der Waals surface area contributed by atoms with Crippen molar-refractivity contribution in [2.45, 2.75) is 6.92 Å². The van der Waals surface area contributed by atoms with E-state index in [1.54, 1.807) is 48.0 Å². The van der Waals surface area contributed by atoms with Gasteiger partial charge in [0, 0.05) is 29.7 Å². The van der Waals surface area contributed by atoms with E-state index in [0.717, 1.165) is 0 Å². The van der Waals surface area contributed by atoms with Crippen molar-refractivity contribution in [1.82, 2.24) is 9.58 Å². The summed E-state index contributed by atoms with van der Waals surface area (Å²) in [5, 5.41) is 25.7. The van der Waals surface area contributed by atoms with Crippen molar-refractivity contribution in [3.63, 3.8) is 0 Å². The first-order valence-electron chi connectivity index (χ1n) is 7.83. The molecule has 9 nitrogen and oxygen atoms in total. The number of hydrogen-bond acceptors (Lipinski definition) is 6. The molecule has 134 valence electrons. The lowest BCUT2D eigenvalue weighted by Crippen LogP contribution is -2.35. The lowest BCUT2D eigenvalue weighted by atomic mass is 10.1. The molecule has 2 aliphatic heterocycles. The highest BCUT2D eigenvalue weighted by Crippen LogP contribution is 2.28. The number of hydrazone groups is 1. The molecule has 27 heavy (non-hydrogen) atoms. The zero-order valence-corrected chi connectivity index (χ0v) is 14.8. The van der Waals surface area contributed by atoms with Gasteiger partial charge < -0.3 is 4.57 Å². The highest BCUT2D eigenvalue weighted by molar-refractivity contribution is 8.26. The maximum absolute atomic E-state index is 12.4. The van der Waals surface area contributed by atoms with Crippen molar-refractivity contribution in [1.29, 1.82) is 5.41 Å². The molecular formula is C17H12N6O3S. The molecule has 1 amide bonds. The largest absolute Gasteiger partial charge is 0.317 e. The number of benzene rings is 1. The Morgan fingerprint density at radius 2 is 2.00 bits per heavy atom. The molecule has 0 saturated carbocycles. The lowest BCUT2D eigenvalue weighted by molar-refractivity contribution is -0.384. The van der Waals surface area contributed by atoms with E-state index < -0.39 is 10.8 Å². The van der Waals surface area contributed by atoms with Gasteiger partial charge in [0.05, 0.1) is 15.5 Å². The van der Waals surface area contributed by atoms with Crippen LogP contribution in [0.25, 0.3) is 11.8 Å². The number of amidine groups is 2. The molecular weight excluding hydrogens is 368 g/mol. The minimum Gasteiger partial charge on any atom is -0.317 e. The third-order valence-corrected chi connectivity index (χ3v) is 4.79. The molecule has 0 bridgehead atoms. The summed E-state index contributed by atoms with van der Waals surface area (Å²) in [5.41, 5.74) is 1.46. The first-order valence-corrected chi connectivity index (χ1v) is 8.65. The molecule has 1 aromatic carbocycles. The smallest absolute Gasteiger partial charge is 0.283 e. The van der Waals surface area contributed by atoms with E-state index in [2.05, 4.69) is 10.1 Å². The Hall–Kier alpha value is -3.53. The van der Waals surface area contributed by atoms with E-state index in [0.29, 0.717) is 21.6 Å². The molecule has 0 aliphatic carbocycles. The molecule has 1 N–H and O–H groups in total. The lowest BCUT2D eigenvalue weighted by Gasteiger charge is -2.20. The van der Waals surface area contributed by atoms with Gasteiger partial charge >= 0.3 is 0 Å². The van der Waals surface area contributed by atoms with Crippen LogP contribution in [0.4, 0.5) is 5.69 Å². The summed E-state index contributed by atoms with van der Waals surface area (Å²) in [6, 6.07) is 9.63. The molecule has 3 heterocycles. The van der Waals surface area contributed by atoms with Gasteiger partial charge in [-0.05, 0) is 49.0 Å². The second-order valence-electron chi connectivity index (χ2n) is 5.72. The second-order valence-corrected chi connectivity index (χ2v) is 6.88. The molecule has 2 aromatic rings. The molecule has 0 fully saturated rings. The Labute approximate surface area is 157 Å². The molecule has 0 atom stereocenters. The van der Waals surface area contributed by atoms with Crippen LogP contribution in [-0.4, -0.2) is 36.5 Å². The fourth-order valence-electron chi connectivity index (χ4n) is 2.72. The summed E-state index contributed by atoms with van der Waals surface area (Å²) in [6.45, 7) is 1.78. The van der Waals surface area contributed by atoms with Gasteiger partial charge in [-0.3, -0.25) is 20.3 Å². The van der Waals surface area contributed by atoms with Gasteiger partial charge in [-0.2, -0.15) is 15.1 Å². The standard InChI is InChI=1S/C17H12N6O3S/c1-10-20-22-15(18)14(16(24)19-17(22)27-10)9-13-3-2-8-21(13)11-4-6-12(7-5-11)23(25)26/h2-9,18H,1H3/b14-9-,18-15?. The van der Waals surface area contributed by atoms with E-state index in [4.69, 9.17) is 5.41 Å². The number of carbonyl (C=O) groups is 1. The molecule has 4 rings (SSSR count). The van der Waals surface area contributed by atoms with Crippen LogP contribution in [-0.2, 0) is 4.79 Å². The highest BCUT2D eigenvalue weighted by Gasteiger charge is 2.34. The summed E-state index contributed by atoms with van der Waals surface area (Å²) < 4.78 is 1.77. The van der Waals surface area contributed by atoms with Gasteiger partial charge in [0.25, 0.3) is 11.6 Å². The van der Waals surface area contributed by atoms with Gasteiger partial charge in [0.1, 0.15) is 0 Å². The number of amides is 1. The summed E-state index contributed by atoms with van der Waals surface area (Å²) in [5.74, 6) is -0.536. The van der Waals surface area contributed by atoms with Crippen molar-refractivity contribution < 1.29 is 9.72 Å². The number of carbonyl (C=O) groups excluding carboxylic acids is 1. The van der Waals surface area contributed by atoms with Crippen LogP contribution in [0.15, 0.2) is 58.3 Å². The zero-order valence-electron chi connectivity index (χ0n) is 14.0. The van der Waals surface area contributed by atoms with Crippen LogP contribution < -0.4 is 0 Å². The number of fused-ring (bicyclic) bond motifs is 1. The number of aliphatic imine (C=N–C) groups is 1. The Kier molecular flexibility index (Phi) is 3.96. The van der Waals surface area contributed by atoms with E-state index in [1.807, 2.05) is 0 Å². The molecule has 0 unspecified atom stereocenters. The number of thioether (sulfide) groups is 1. The van der Waals surface area contributed by atoms with Crippen LogP contribution in [0.1, 0.15) is 12.6 Å². The Morgan fingerprint density at radius 3 is 2.70 bits per heavy atom. The van der Waals surface area contributed by atoms with E-state index >= 15 is 0 Å². The topological polar surface area (TPSA) is 117 Å². The Bertz CT molecular complexity index is 1080. The van der Waals surface area contributed by atoms with Crippen molar-refractivity contribution in [2.24, 2.45) is 10.1 Å². The number of non-ortho nitro benzene ring substituents is 1. The monoisotopic (exact) mass is 380 g/mol. The molecule has 0 spiro atoms. The Morgan fingerprint density at radius 1 is 1.26 bits per heavy atom. The maximum atomic E-state index is 12.4. The van der Waals surface area contributed by atoms with Crippen molar-refractivity contribution >= 4 is 45.5 Å². The third-order valence-electron chi connectivity index (χ3n) is 3.97. The number of nitro benzene ring substituents is 1. The van der Waals surface area contributed by atoms with Crippen LogP contribution >= 0.6 is 11.8 Å². The van der Waals surface area contributed by atoms with Gasteiger partial charge in [0.2, 0.25) is 5.17 Å². The summed E-state index contributed by atoms with van der Waals surface area (Å²) >= 11 is 1.25. The summed E-state index contributed by atoms with van der Waals surface area (Å²) in [4.78, 5) is 26.7. The maximum Gasteiger partial charge on any atom is 0.283 e. The normalized spacial score (nSPS) is 17.8. The predicted octanol–water partition coefficient (Wildman–Crippen LogP) is 3.02. The van der Waals surface area contributed by atoms with Gasteiger partial charge in [0.15, 0.2) is 5.84 Å². The first-order chi connectivity index (χ1) is 12.9. The zero-order chi connectivity index (χ0) is 19.1. The number of hydrogen-bond donors (Lipinski definition) is 1. The fourth-order valence-corrected chi connectivity index (χ4v) is 3.45. The number of rotatable bonds is 3. The number of nitro groups is 1. The molecule has 0 saturated heterocycles. The molecule has 2 aliphatic rings. The highest BCUT2D eigenvalue weighted by atomic mass is 32.2. The van der Waals surface area contributed by atoms with Crippen LogP contribution in [0.3, 0.4) is 0 Å². The summed E-state index contributed by atoms with van der Waals surface area (Å²) in [7, 11) is 0. The third kappa shape index (κ3) is 2.95. The van der Waals surface area contributed by atoms with E-state index in [1.165, 1.54) is 28.9 Å². The van der Waals surface area contributed by atoms with Gasteiger partial charge in [-0.15, -0.1) is 0 Å². The van der Waals surface area contributed by atoms with Crippen LogP contribution in [0.5, 0.6) is 0 Å². The van der Waals surface area contributed by atoms with Crippen molar-refractivity contribution in [3.05, 3.63) is 64.0 Å². The SMILES string of the molecule is CC1=NN2C(=N)/C(=C/c3cccn3-c3ccc([N+](=O)[O-])cc3)C(=O)N=C2S1. The van der Waals surface area contributed by atoms with Crippen molar-refractivity contribution in [3.8, 4) is 5.69 Å². The van der Waals surface area contributed by atoms with Gasteiger partial charge in [-0.25, -0.2) is 0 Å². The number of nitrogens with zero attached hydrogens (tertiary/aromatic N) is 5. The predicted molar refractivity (Wildman–Crippen MR) is 103 cm³/mol. The quantitative estimate of drug-likeness (QED) is 0.499. The molecule has 0 radical (unpaired) electrons. The van der Waals surface area contributed by atoms with Crippen LogP contribution in [0, 0.1) is 15.5 Å².